The van der Waals surface area contributed by atoms with Crippen LogP contribution in [0.25, 0.3) is 10.9 Å². The van der Waals surface area contributed by atoms with E-state index < -0.39 is 0 Å². The minimum Gasteiger partial charge on any atom is -0.396 e. The molecule has 24 heavy (non-hydrogen) atoms. The second-order valence-corrected chi connectivity index (χ2v) is 6.71. The van der Waals surface area contributed by atoms with Crippen molar-refractivity contribution in [3.63, 3.8) is 0 Å². The molecule has 0 spiro atoms. The lowest BCUT2D eigenvalue weighted by Gasteiger charge is -2.26. The van der Waals surface area contributed by atoms with Crippen LogP contribution in [0.1, 0.15) is 35.8 Å². The quantitative estimate of drug-likeness (QED) is 0.834. The molecule has 4 heteroatoms. The van der Waals surface area contributed by atoms with Crippen molar-refractivity contribution < 1.29 is 9.90 Å². The summed E-state index contributed by atoms with van der Waals surface area (Å²) in [7, 11) is 2.12. The zero-order valence-corrected chi connectivity index (χ0v) is 14.5. The number of likely N-dealkylation sites (N-methyl/N-ethyl adjacent to an activating group) is 1. The average molecular weight is 326 g/mol. The Labute approximate surface area is 143 Å². The Balaban J connectivity index is 2.04. The molecule has 4 nitrogen and oxygen atoms in total. The first kappa shape index (κ1) is 16.9. The topological polar surface area (TPSA) is 56.3 Å². The van der Waals surface area contributed by atoms with E-state index in [1.807, 2.05) is 25.1 Å². The van der Waals surface area contributed by atoms with E-state index in [1.54, 1.807) is 0 Å². The summed E-state index contributed by atoms with van der Waals surface area (Å²) in [6, 6.07) is 8.14. The maximum absolute atomic E-state index is 13.0. The van der Waals surface area contributed by atoms with Crippen LogP contribution in [0.15, 0.2) is 35.9 Å². The standard InChI is InChI=1S/C20H26N2O2/c1-3-14-13-22(2)10-8-17-16-6-4-5-7-18(16)21-20(17)19(24)12-15(14)9-11-23/h3-7,15,21,23H,8-13H2,1-2H3/b14-3+/t15-/m0/s1. The third-order valence-corrected chi connectivity index (χ3v) is 5.09. The number of H-pyrrole nitrogens is 1. The van der Waals surface area contributed by atoms with Gasteiger partial charge in [0.15, 0.2) is 5.78 Å². The largest absolute Gasteiger partial charge is 0.396 e. The molecule has 0 amide bonds. The van der Waals surface area contributed by atoms with Gasteiger partial charge >= 0.3 is 0 Å². The van der Waals surface area contributed by atoms with Crippen molar-refractivity contribution in [1.82, 2.24) is 9.88 Å². The van der Waals surface area contributed by atoms with Gasteiger partial charge in [0, 0.05) is 37.0 Å². The maximum Gasteiger partial charge on any atom is 0.179 e. The number of ketones is 1. The molecule has 2 N–H and O–H groups in total. The van der Waals surface area contributed by atoms with Crippen LogP contribution in [0, 0.1) is 5.92 Å². The molecular formula is C20H26N2O2. The molecule has 2 heterocycles. The van der Waals surface area contributed by atoms with Crippen molar-refractivity contribution in [3.8, 4) is 0 Å². The van der Waals surface area contributed by atoms with Gasteiger partial charge in [-0.25, -0.2) is 0 Å². The highest BCUT2D eigenvalue weighted by atomic mass is 16.3. The Bertz CT molecular complexity index is 760. The van der Waals surface area contributed by atoms with Gasteiger partial charge < -0.3 is 15.0 Å². The third-order valence-electron chi connectivity index (χ3n) is 5.09. The van der Waals surface area contributed by atoms with Gasteiger partial charge in [0.05, 0.1) is 5.69 Å². The van der Waals surface area contributed by atoms with Crippen molar-refractivity contribution in [2.24, 2.45) is 5.92 Å². The number of allylic oxidation sites excluding steroid dienone is 1. The second kappa shape index (κ2) is 7.32. The molecule has 3 rings (SSSR count). The SMILES string of the molecule is C/C=C1\CN(C)CCc2c([nH]c3ccccc23)C(=O)C[C@@H]1CCO. The van der Waals surface area contributed by atoms with Crippen molar-refractivity contribution in [1.29, 1.82) is 0 Å². The number of aromatic amines is 1. The van der Waals surface area contributed by atoms with E-state index in [9.17, 15) is 9.90 Å². The first-order chi connectivity index (χ1) is 11.6. The fraction of sp³-hybridized carbons (Fsp3) is 0.450. The lowest BCUT2D eigenvalue weighted by Crippen LogP contribution is -2.29. The first-order valence-corrected chi connectivity index (χ1v) is 8.71. The number of Topliss-reactive ketones (excluding diaryl/α,β-unsaturated/α-hetero) is 1. The molecule has 1 aromatic heterocycles. The summed E-state index contributed by atoms with van der Waals surface area (Å²) in [4.78, 5) is 18.6. The van der Waals surface area contributed by atoms with E-state index in [4.69, 9.17) is 0 Å². The van der Waals surface area contributed by atoms with Gasteiger partial charge in [0.25, 0.3) is 0 Å². The lowest BCUT2D eigenvalue weighted by atomic mass is 9.87. The van der Waals surface area contributed by atoms with Crippen LogP contribution >= 0.6 is 0 Å². The maximum atomic E-state index is 13.0. The number of nitrogens with zero attached hydrogens (tertiary/aromatic N) is 1. The highest BCUT2D eigenvalue weighted by Gasteiger charge is 2.25. The number of hydrogen-bond acceptors (Lipinski definition) is 3. The van der Waals surface area contributed by atoms with E-state index in [2.05, 4.69) is 29.1 Å². The summed E-state index contributed by atoms with van der Waals surface area (Å²) in [5.41, 5.74) is 4.17. The third kappa shape index (κ3) is 3.30. The summed E-state index contributed by atoms with van der Waals surface area (Å²) in [5, 5.41) is 10.6. The van der Waals surface area contributed by atoms with E-state index in [0.717, 1.165) is 41.7 Å². The minimum atomic E-state index is 0.104. The van der Waals surface area contributed by atoms with Crippen LogP contribution in [0.4, 0.5) is 0 Å². The van der Waals surface area contributed by atoms with Gasteiger partial charge in [0.1, 0.15) is 0 Å². The van der Waals surface area contributed by atoms with E-state index in [0.29, 0.717) is 12.8 Å². The number of rotatable bonds is 2. The van der Waals surface area contributed by atoms with Gasteiger partial charge in [-0.3, -0.25) is 4.79 Å². The lowest BCUT2D eigenvalue weighted by molar-refractivity contribution is 0.0953. The number of fused-ring (bicyclic) bond motifs is 3. The zero-order chi connectivity index (χ0) is 17.1. The molecule has 1 aromatic carbocycles. The van der Waals surface area contributed by atoms with Crippen LogP contribution < -0.4 is 0 Å². The van der Waals surface area contributed by atoms with Gasteiger partial charge in [-0.05, 0) is 44.4 Å². The molecule has 0 saturated carbocycles. The summed E-state index contributed by atoms with van der Waals surface area (Å²) >= 11 is 0. The number of aliphatic hydroxyl groups is 1. The van der Waals surface area contributed by atoms with E-state index in [-0.39, 0.29) is 18.3 Å². The fourth-order valence-corrected chi connectivity index (χ4v) is 3.75. The van der Waals surface area contributed by atoms with Crippen molar-refractivity contribution in [2.45, 2.75) is 26.2 Å². The molecule has 1 atom stereocenters. The molecule has 2 aromatic rings. The zero-order valence-electron chi connectivity index (χ0n) is 14.5. The van der Waals surface area contributed by atoms with Gasteiger partial charge in [-0.1, -0.05) is 29.8 Å². The van der Waals surface area contributed by atoms with Crippen molar-refractivity contribution in [3.05, 3.63) is 47.2 Å². The molecular weight excluding hydrogens is 300 g/mol. The van der Waals surface area contributed by atoms with Crippen molar-refractivity contribution in [2.75, 3.05) is 26.7 Å². The van der Waals surface area contributed by atoms with E-state index in [1.165, 1.54) is 5.57 Å². The number of aliphatic hydroxyl groups excluding tert-OH is 1. The van der Waals surface area contributed by atoms with Crippen LogP contribution in [0.3, 0.4) is 0 Å². The van der Waals surface area contributed by atoms with Crippen LogP contribution in [-0.2, 0) is 6.42 Å². The predicted octanol–water partition coefficient (Wildman–Crippen LogP) is 3.17. The number of nitrogens with one attached hydrogen (secondary N) is 1. The highest BCUT2D eigenvalue weighted by Crippen LogP contribution is 2.29. The molecule has 128 valence electrons. The Morgan fingerprint density at radius 2 is 2.17 bits per heavy atom. The van der Waals surface area contributed by atoms with Gasteiger partial charge in [0.2, 0.25) is 0 Å². The monoisotopic (exact) mass is 326 g/mol. The predicted molar refractivity (Wildman–Crippen MR) is 97.4 cm³/mol. The van der Waals surface area contributed by atoms with Crippen LogP contribution in [0.5, 0.6) is 0 Å². The molecule has 0 radical (unpaired) electrons. The average Bonchev–Trinajstić information content (AvgIpc) is 2.96. The van der Waals surface area contributed by atoms with Crippen LogP contribution in [0.2, 0.25) is 0 Å². The molecule has 0 aliphatic carbocycles. The molecule has 0 saturated heterocycles. The number of carbonyl (C=O) groups is 1. The van der Waals surface area contributed by atoms with Gasteiger partial charge in [-0.15, -0.1) is 0 Å². The summed E-state index contributed by atoms with van der Waals surface area (Å²) in [6.07, 6.45) is 4.06. The normalized spacial score (nSPS) is 22.0. The molecule has 0 bridgehead atoms. The Morgan fingerprint density at radius 1 is 1.38 bits per heavy atom. The number of hydrogen-bond donors (Lipinski definition) is 2. The smallest absolute Gasteiger partial charge is 0.179 e. The molecule has 1 aliphatic heterocycles. The molecule has 0 fully saturated rings. The second-order valence-electron chi connectivity index (χ2n) is 6.71. The van der Waals surface area contributed by atoms with Gasteiger partial charge in [-0.2, -0.15) is 0 Å². The Morgan fingerprint density at radius 3 is 2.92 bits per heavy atom. The minimum absolute atomic E-state index is 0.104. The summed E-state index contributed by atoms with van der Waals surface area (Å²) in [5.74, 6) is 0.260. The highest BCUT2D eigenvalue weighted by molar-refractivity contribution is 6.02. The fourth-order valence-electron chi connectivity index (χ4n) is 3.75. The number of carbonyl (C=O) groups excluding carboxylic acids is 1. The van der Waals surface area contributed by atoms with Crippen LogP contribution in [-0.4, -0.2) is 47.5 Å². The summed E-state index contributed by atoms with van der Waals surface area (Å²) in [6.45, 7) is 3.90. The number of benzene rings is 1. The molecule has 0 unspecified atom stereocenters. The Kier molecular flexibility index (Phi) is 5.17. The number of aromatic nitrogens is 1. The number of para-hydroxylation sites is 1. The molecule has 1 aliphatic rings. The first-order valence-electron chi connectivity index (χ1n) is 8.71. The Hall–Kier alpha value is -1.91. The van der Waals surface area contributed by atoms with Crippen molar-refractivity contribution >= 4 is 16.7 Å². The van der Waals surface area contributed by atoms with E-state index >= 15 is 0 Å². The summed E-state index contributed by atoms with van der Waals surface area (Å²) < 4.78 is 0.